The third kappa shape index (κ3) is 0.680. The van der Waals surface area contributed by atoms with Gasteiger partial charge in [0.05, 0.1) is 13.0 Å². The van der Waals surface area contributed by atoms with Crippen LogP contribution in [0.2, 0.25) is 0 Å². The van der Waals surface area contributed by atoms with E-state index >= 15 is 0 Å². The van der Waals surface area contributed by atoms with Gasteiger partial charge >= 0.3 is 5.97 Å². The largest absolute Gasteiger partial charge is 0.465 e. The molecule has 0 aromatic carbocycles. The summed E-state index contributed by atoms with van der Waals surface area (Å²) in [7, 11) is 0. The number of esters is 1. The van der Waals surface area contributed by atoms with E-state index < -0.39 is 0 Å². The van der Waals surface area contributed by atoms with E-state index in [-0.39, 0.29) is 11.4 Å². The van der Waals surface area contributed by atoms with Crippen LogP contribution in [0.1, 0.15) is 19.3 Å². The van der Waals surface area contributed by atoms with E-state index in [1.54, 1.807) is 0 Å². The Kier molecular flexibility index (Phi) is 1.07. The van der Waals surface area contributed by atoms with Gasteiger partial charge in [0.1, 0.15) is 0 Å². The summed E-state index contributed by atoms with van der Waals surface area (Å²) in [5, 5.41) is 0. The molecule has 1 spiro atoms. The molecule has 0 aromatic rings. The number of allylic oxidation sites excluding steroid dienone is 2. The van der Waals surface area contributed by atoms with Crippen molar-refractivity contribution in [2.75, 3.05) is 6.61 Å². The molecule has 1 heterocycles. The molecule has 64 valence electrons. The molecule has 1 aliphatic heterocycles. The fraction of sp³-hybridized carbons (Fsp3) is 0.700. The molecule has 1 saturated heterocycles. The number of ether oxygens (including phenoxy) is 1. The van der Waals surface area contributed by atoms with Gasteiger partial charge in [-0.05, 0) is 24.7 Å². The molecule has 0 unspecified atom stereocenters. The van der Waals surface area contributed by atoms with E-state index in [1.165, 1.54) is 12.8 Å². The van der Waals surface area contributed by atoms with Crippen molar-refractivity contribution in [1.29, 1.82) is 0 Å². The number of cyclic esters (lactones) is 1. The summed E-state index contributed by atoms with van der Waals surface area (Å²) in [5.74, 6) is 1.38. The third-order valence-electron chi connectivity index (χ3n) is 3.64. The van der Waals surface area contributed by atoms with Gasteiger partial charge in [-0.1, -0.05) is 12.2 Å². The molecule has 0 aromatic heterocycles. The van der Waals surface area contributed by atoms with Crippen LogP contribution in [0.15, 0.2) is 12.2 Å². The lowest BCUT2D eigenvalue weighted by atomic mass is 9.75. The van der Waals surface area contributed by atoms with Crippen molar-refractivity contribution in [2.45, 2.75) is 19.3 Å². The normalized spacial score (nSPS) is 49.2. The highest BCUT2D eigenvalue weighted by Crippen LogP contribution is 2.56. The maximum absolute atomic E-state index is 11.0. The van der Waals surface area contributed by atoms with Crippen molar-refractivity contribution in [3.05, 3.63) is 12.2 Å². The molecule has 2 heteroatoms. The van der Waals surface area contributed by atoms with E-state index in [9.17, 15) is 4.79 Å². The second kappa shape index (κ2) is 1.93. The van der Waals surface area contributed by atoms with Crippen LogP contribution in [0.25, 0.3) is 0 Å². The molecule has 2 nitrogen and oxygen atoms in total. The molecule has 12 heavy (non-hydrogen) atoms. The fourth-order valence-electron chi connectivity index (χ4n) is 3.04. The average Bonchev–Trinajstić information content (AvgIpc) is 2.67. The summed E-state index contributed by atoms with van der Waals surface area (Å²) in [6.07, 6.45) is 7.70. The molecule has 3 aliphatic rings. The smallest absolute Gasteiger partial charge is 0.306 e. The van der Waals surface area contributed by atoms with E-state index in [4.69, 9.17) is 4.74 Å². The Morgan fingerprint density at radius 2 is 2.42 bits per heavy atom. The SMILES string of the molecule is O=C1C[C@]2(CO1)C[C@@H]1C=C[C@H]2C1. The first-order chi connectivity index (χ1) is 5.78. The second-order valence-electron chi connectivity index (χ2n) is 4.39. The molecule has 0 radical (unpaired) electrons. The summed E-state index contributed by atoms with van der Waals surface area (Å²) in [5.41, 5.74) is 0.219. The monoisotopic (exact) mass is 164 g/mol. The predicted octanol–water partition coefficient (Wildman–Crippen LogP) is 1.52. The summed E-state index contributed by atoms with van der Waals surface area (Å²) < 4.78 is 5.07. The summed E-state index contributed by atoms with van der Waals surface area (Å²) in [6, 6.07) is 0. The van der Waals surface area contributed by atoms with Gasteiger partial charge in [0.2, 0.25) is 0 Å². The van der Waals surface area contributed by atoms with Crippen molar-refractivity contribution in [2.24, 2.45) is 17.3 Å². The Morgan fingerprint density at radius 1 is 1.50 bits per heavy atom. The first-order valence-corrected chi connectivity index (χ1v) is 4.62. The maximum Gasteiger partial charge on any atom is 0.306 e. The van der Waals surface area contributed by atoms with Crippen LogP contribution in [0.4, 0.5) is 0 Å². The van der Waals surface area contributed by atoms with Crippen molar-refractivity contribution >= 4 is 5.97 Å². The van der Waals surface area contributed by atoms with Gasteiger partial charge in [-0.2, -0.15) is 0 Å². The van der Waals surface area contributed by atoms with Gasteiger partial charge in [-0.15, -0.1) is 0 Å². The van der Waals surface area contributed by atoms with Crippen LogP contribution in [-0.4, -0.2) is 12.6 Å². The molecule has 3 atom stereocenters. The van der Waals surface area contributed by atoms with Crippen LogP contribution in [0, 0.1) is 17.3 Å². The molecular weight excluding hydrogens is 152 g/mol. The number of fused-ring (bicyclic) bond motifs is 3. The second-order valence-corrected chi connectivity index (χ2v) is 4.39. The van der Waals surface area contributed by atoms with Crippen molar-refractivity contribution in [1.82, 2.24) is 0 Å². The lowest BCUT2D eigenvalue weighted by Crippen LogP contribution is -2.25. The Hall–Kier alpha value is -0.790. The molecule has 2 bridgehead atoms. The third-order valence-corrected chi connectivity index (χ3v) is 3.64. The van der Waals surface area contributed by atoms with Gasteiger partial charge < -0.3 is 4.74 Å². The molecule has 1 saturated carbocycles. The standard InChI is InChI=1S/C10H12O2/c11-9-5-10(6-12-9)4-7-1-2-8(10)3-7/h1-2,7-8H,3-6H2/t7-,8+,10+/m1/s1. The predicted molar refractivity (Wildman–Crippen MR) is 43.4 cm³/mol. The number of rotatable bonds is 0. The maximum atomic E-state index is 11.0. The van der Waals surface area contributed by atoms with Crippen molar-refractivity contribution in [3.8, 4) is 0 Å². The Morgan fingerprint density at radius 3 is 2.92 bits per heavy atom. The average molecular weight is 164 g/mol. The van der Waals surface area contributed by atoms with Gasteiger partial charge in [0.25, 0.3) is 0 Å². The van der Waals surface area contributed by atoms with Gasteiger partial charge in [-0.3, -0.25) is 4.79 Å². The topological polar surface area (TPSA) is 26.3 Å². The number of carbonyl (C=O) groups is 1. The minimum Gasteiger partial charge on any atom is -0.465 e. The number of hydrogen-bond donors (Lipinski definition) is 0. The Bertz CT molecular complexity index is 269. The quantitative estimate of drug-likeness (QED) is 0.401. The van der Waals surface area contributed by atoms with E-state index in [0.29, 0.717) is 18.9 Å². The van der Waals surface area contributed by atoms with Crippen molar-refractivity contribution < 1.29 is 9.53 Å². The lowest BCUT2D eigenvalue weighted by molar-refractivity contribution is -0.137. The van der Waals surface area contributed by atoms with Crippen LogP contribution in [-0.2, 0) is 9.53 Å². The highest BCUT2D eigenvalue weighted by atomic mass is 16.5. The molecular formula is C10H12O2. The van der Waals surface area contributed by atoms with Crippen LogP contribution in [0.3, 0.4) is 0 Å². The molecule has 3 rings (SSSR count). The summed E-state index contributed by atoms with van der Waals surface area (Å²) in [4.78, 5) is 11.0. The number of hydrogen-bond acceptors (Lipinski definition) is 2. The molecule has 2 aliphatic carbocycles. The van der Waals surface area contributed by atoms with Crippen molar-refractivity contribution in [3.63, 3.8) is 0 Å². The minimum absolute atomic E-state index is 0.0101. The van der Waals surface area contributed by atoms with E-state index in [2.05, 4.69) is 12.2 Å². The number of carbonyl (C=O) groups excluding carboxylic acids is 1. The Balaban J connectivity index is 1.94. The highest BCUT2D eigenvalue weighted by Gasteiger charge is 2.53. The first kappa shape index (κ1) is 6.70. The van der Waals surface area contributed by atoms with Crippen LogP contribution >= 0.6 is 0 Å². The first-order valence-electron chi connectivity index (χ1n) is 4.62. The highest BCUT2D eigenvalue weighted by molar-refractivity contribution is 5.72. The van der Waals surface area contributed by atoms with E-state index in [0.717, 1.165) is 5.92 Å². The van der Waals surface area contributed by atoms with Crippen LogP contribution < -0.4 is 0 Å². The fourth-order valence-corrected chi connectivity index (χ4v) is 3.04. The minimum atomic E-state index is 0.0101. The lowest BCUT2D eigenvalue weighted by Gasteiger charge is -2.26. The zero-order chi connectivity index (χ0) is 8.18. The summed E-state index contributed by atoms with van der Waals surface area (Å²) in [6.45, 7) is 0.678. The zero-order valence-corrected chi connectivity index (χ0v) is 6.95. The van der Waals surface area contributed by atoms with E-state index in [1.807, 2.05) is 0 Å². The zero-order valence-electron chi connectivity index (χ0n) is 6.95. The molecule has 0 amide bonds. The van der Waals surface area contributed by atoms with Crippen LogP contribution in [0.5, 0.6) is 0 Å². The molecule has 0 N–H and O–H groups in total. The van der Waals surface area contributed by atoms with Gasteiger partial charge in [0, 0.05) is 5.41 Å². The molecule has 2 fully saturated rings. The summed E-state index contributed by atoms with van der Waals surface area (Å²) >= 11 is 0. The Labute approximate surface area is 71.6 Å². The van der Waals surface area contributed by atoms with Gasteiger partial charge in [0.15, 0.2) is 0 Å². The van der Waals surface area contributed by atoms with Gasteiger partial charge in [-0.25, -0.2) is 0 Å².